The van der Waals surface area contributed by atoms with Crippen molar-refractivity contribution in [2.24, 2.45) is 0 Å². The second-order valence-corrected chi connectivity index (χ2v) is 4.95. The quantitative estimate of drug-likeness (QED) is 0.286. The number of hydrogen-bond acceptors (Lipinski definition) is 1. The molecule has 1 aliphatic rings. The Bertz CT molecular complexity index is 320. The maximum atomic E-state index is 13.3. The highest BCUT2D eigenvalue weighted by Gasteiger charge is 2.89. The van der Waals surface area contributed by atoms with Gasteiger partial charge in [-0.15, -0.1) is 0 Å². The van der Waals surface area contributed by atoms with Crippen LogP contribution < -0.4 is 0 Å². The second kappa shape index (κ2) is 3.40. The average Bonchev–Trinajstić information content (AvgIpc) is 2.05. The lowest BCUT2D eigenvalue weighted by molar-refractivity contribution is -0.250. The molecule has 11 heteroatoms. The number of carbonyl (C=O) groups excluding carboxylic acids is 1. The highest BCUT2D eigenvalue weighted by molar-refractivity contribution is 6.65. The van der Waals surface area contributed by atoms with Crippen LogP contribution in [0.1, 0.15) is 0 Å². The zero-order valence-corrected chi connectivity index (χ0v) is 9.78. The Morgan fingerprint density at radius 1 is 1.00 bits per heavy atom. The minimum atomic E-state index is -5.50. The zero-order valence-electron chi connectivity index (χ0n) is 6.76. The highest BCUT2D eigenvalue weighted by Crippen LogP contribution is 2.65. The minimum absolute atomic E-state index is 1.22. The summed E-state index contributed by atoms with van der Waals surface area (Å²) in [6.45, 7) is 0. The maximum Gasteiger partial charge on any atom is 0.399 e. The molecule has 16 heavy (non-hydrogen) atoms. The van der Waals surface area contributed by atoms with Crippen molar-refractivity contribution in [3.05, 3.63) is 0 Å². The van der Waals surface area contributed by atoms with E-state index in [0.717, 1.165) is 0 Å². The summed E-state index contributed by atoms with van der Waals surface area (Å²) in [4.78, 5) is 9.31. The Labute approximate surface area is 105 Å². The van der Waals surface area contributed by atoms with Gasteiger partial charge in [0.05, 0.1) is 0 Å². The lowest BCUT2D eigenvalue weighted by Gasteiger charge is -2.29. The summed E-state index contributed by atoms with van der Waals surface area (Å²) in [7, 11) is 0. The molecule has 0 radical (unpaired) electrons. The maximum absolute atomic E-state index is 13.3. The normalized spacial score (nSPS) is 35.2. The van der Waals surface area contributed by atoms with E-state index in [1.54, 1.807) is 0 Å². The summed E-state index contributed by atoms with van der Waals surface area (Å²) in [6.07, 6.45) is 0. The first-order valence-electron chi connectivity index (χ1n) is 3.33. The first-order valence-corrected chi connectivity index (χ1v) is 4.84. The predicted molar refractivity (Wildman–Crippen MR) is 47.1 cm³/mol. The summed E-state index contributed by atoms with van der Waals surface area (Å²) in [5.41, 5.74) is 0. The molecule has 1 fully saturated rings. The van der Waals surface area contributed by atoms with E-state index in [4.69, 9.17) is 23.2 Å². The van der Waals surface area contributed by atoms with Crippen molar-refractivity contribution in [1.29, 1.82) is 0 Å². The van der Waals surface area contributed by atoms with E-state index in [-0.39, 0.29) is 0 Å². The minimum Gasteiger partial charge on any atom is -0.255 e. The second-order valence-electron chi connectivity index (χ2n) is 2.82. The van der Waals surface area contributed by atoms with Crippen molar-refractivity contribution in [2.75, 3.05) is 0 Å². The molecule has 1 atom stereocenters. The molecule has 94 valence electrons. The number of amides is 1. The van der Waals surface area contributed by atoms with Gasteiger partial charge < -0.3 is 0 Å². The fourth-order valence-corrected chi connectivity index (χ4v) is 2.18. The van der Waals surface area contributed by atoms with Crippen molar-refractivity contribution in [3.8, 4) is 0 Å². The van der Waals surface area contributed by atoms with Crippen LogP contribution in [0.15, 0.2) is 0 Å². The van der Waals surface area contributed by atoms with Gasteiger partial charge >= 0.3 is 22.5 Å². The lowest BCUT2D eigenvalue weighted by Crippen LogP contribution is -2.50. The molecule has 1 saturated heterocycles. The molecular weight excluding hydrogens is 327 g/mol. The summed E-state index contributed by atoms with van der Waals surface area (Å²) in [5.74, 6) is -5.50. The molecule has 0 bridgehead atoms. The zero-order chi connectivity index (χ0) is 13.2. The van der Waals surface area contributed by atoms with Crippen LogP contribution in [0.4, 0.5) is 26.7 Å². The van der Waals surface area contributed by atoms with Gasteiger partial charge in [0.2, 0.25) is 0 Å². The Hall–Kier alpha value is 0.280. The first-order chi connectivity index (χ1) is 6.82. The SMILES string of the molecule is O=C(Cl)N1C(F)(F)C(F)(F)C(F)(Cl)C1(Cl)Cl. The van der Waals surface area contributed by atoms with E-state index in [0.29, 0.717) is 0 Å². The van der Waals surface area contributed by atoms with Crippen LogP contribution in [0.25, 0.3) is 0 Å². The highest BCUT2D eigenvalue weighted by atomic mass is 35.5. The average molecular weight is 327 g/mol. The fraction of sp³-hybridized carbons (Fsp3) is 0.800. The van der Waals surface area contributed by atoms with E-state index in [2.05, 4.69) is 23.2 Å². The van der Waals surface area contributed by atoms with Gasteiger partial charge in [-0.1, -0.05) is 34.8 Å². The van der Waals surface area contributed by atoms with E-state index in [1.807, 2.05) is 0 Å². The monoisotopic (exact) mass is 325 g/mol. The molecule has 1 aliphatic heterocycles. The molecule has 2 nitrogen and oxygen atoms in total. The lowest BCUT2D eigenvalue weighted by atomic mass is 10.2. The molecule has 0 N–H and O–H groups in total. The van der Waals surface area contributed by atoms with Gasteiger partial charge in [0.15, 0.2) is 0 Å². The number of alkyl halides is 8. The van der Waals surface area contributed by atoms with E-state index >= 15 is 0 Å². The predicted octanol–water partition coefficient (Wildman–Crippen LogP) is 3.92. The Morgan fingerprint density at radius 3 is 1.50 bits per heavy atom. The molecule has 0 aromatic carbocycles. The first kappa shape index (κ1) is 14.3. The van der Waals surface area contributed by atoms with Crippen molar-refractivity contribution < 1.29 is 26.7 Å². The van der Waals surface area contributed by atoms with Gasteiger partial charge in [-0.25, -0.2) is 9.29 Å². The van der Waals surface area contributed by atoms with Crippen LogP contribution >= 0.6 is 46.4 Å². The van der Waals surface area contributed by atoms with Crippen molar-refractivity contribution in [2.45, 2.75) is 21.6 Å². The van der Waals surface area contributed by atoms with Crippen LogP contribution in [0.5, 0.6) is 0 Å². The summed E-state index contributed by atoms with van der Waals surface area (Å²) >= 11 is 19.0. The smallest absolute Gasteiger partial charge is 0.255 e. The Kier molecular flexibility index (Phi) is 3.05. The Morgan fingerprint density at radius 2 is 1.38 bits per heavy atom. The standard InChI is InChI=1S/C5Cl4F5NO/c6-1(16)15-4(8,9)2(7,10)3(11,12)5(15,13)14. The van der Waals surface area contributed by atoms with Gasteiger partial charge in [-0.2, -0.15) is 17.6 Å². The van der Waals surface area contributed by atoms with Crippen LogP contribution in [0.3, 0.4) is 0 Å². The Balaban J connectivity index is 3.51. The van der Waals surface area contributed by atoms with Gasteiger partial charge in [0, 0.05) is 0 Å². The third kappa shape index (κ3) is 1.34. The molecule has 1 unspecified atom stereocenters. The number of nitrogens with zero attached hydrogens (tertiary/aromatic N) is 1. The van der Waals surface area contributed by atoms with Crippen molar-refractivity contribution in [1.82, 2.24) is 4.90 Å². The summed E-state index contributed by atoms with van der Waals surface area (Å²) in [6, 6.07) is -5.36. The molecule has 0 spiro atoms. The summed E-state index contributed by atoms with van der Waals surface area (Å²) in [5, 5.41) is -6.76. The molecule has 0 saturated carbocycles. The molecule has 0 aliphatic carbocycles. The topological polar surface area (TPSA) is 20.3 Å². The molecular formula is C5Cl4F5NO. The van der Waals surface area contributed by atoms with Gasteiger partial charge in [0.25, 0.3) is 4.46 Å². The van der Waals surface area contributed by atoms with Crippen LogP contribution in [-0.4, -0.2) is 31.8 Å². The molecule has 1 rings (SSSR count). The molecule has 0 aromatic heterocycles. The van der Waals surface area contributed by atoms with Gasteiger partial charge in [0.1, 0.15) is 0 Å². The number of halogens is 9. The molecule has 0 aromatic rings. The van der Waals surface area contributed by atoms with Gasteiger partial charge in [-0.05, 0) is 11.6 Å². The molecule has 1 heterocycles. The molecule has 1 amide bonds. The van der Waals surface area contributed by atoms with Crippen LogP contribution in [0.2, 0.25) is 0 Å². The van der Waals surface area contributed by atoms with Crippen LogP contribution in [0, 0.1) is 0 Å². The fourth-order valence-electron chi connectivity index (χ4n) is 1.06. The largest absolute Gasteiger partial charge is 0.399 e. The van der Waals surface area contributed by atoms with E-state index in [9.17, 15) is 26.7 Å². The third-order valence-electron chi connectivity index (χ3n) is 1.89. The number of carbonyl (C=O) groups is 1. The van der Waals surface area contributed by atoms with Crippen molar-refractivity contribution >= 4 is 51.8 Å². The van der Waals surface area contributed by atoms with E-state index < -0.39 is 31.8 Å². The number of rotatable bonds is 0. The van der Waals surface area contributed by atoms with Crippen molar-refractivity contribution in [3.63, 3.8) is 0 Å². The third-order valence-corrected chi connectivity index (χ3v) is 3.62. The van der Waals surface area contributed by atoms with Crippen LogP contribution in [-0.2, 0) is 0 Å². The summed E-state index contributed by atoms with van der Waals surface area (Å²) < 4.78 is 61.5. The number of likely N-dealkylation sites (tertiary alicyclic amines) is 1. The van der Waals surface area contributed by atoms with Gasteiger partial charge in [-0.3, -0.25) is 4.79 Å². The van der Waals surface area contributed by atoms with E-state index in [1.165, 1.54) is 0 Å². The number of hydrogen-bond donors (Lipinski definition) is 0.